The second-order valence-corrected chi connectivity index (χ2v) is 4.47. The largest absolute Gasteiger partial charge is 0.385 e. The first kappa shape index (κ1) is 12.0. The maximum absolute atomic E-state index is 5.08. The number of hydrogen-bond acceptors (Lipinski definition) is 2. The lowest BCUT2D eigenvalue weighted by Crippen LogP contribution is -2.27. The lowest BCUT2D eigenvalue weighted by Gasteiger charge is -2.12. The summed E-state index contributed by atoms with van der Waals surface area (Å²) < 4.78 is 5.08. The van der Waals surface area contributed by atoms with Crippen LogP contribution in [0.4, 0.5) is 0 Å². The topological polar surface area (TPSA) is 21.3 Å². The Morgan fingerprint density at radius 3 is 2.93 bits per heavy atom. The number of nitrogens with one attached hydrogen (secondary N) is 1. The lowest BCUT2D eigenvalue weighted by atomic mass is 10.0. The van der Waals surface area contributed by atoms with E-state index < -0.39 is 0 Å². The molecule has 0 spiro atoms. The quantitative estimate of drug-likeness (QED) is 0.636. The third-order valence-corrected chi connectivity index (χ3v) is 3.19. The molecule has 0 amide bonds. The molecule has 1 rings (SSSR count). The number of ether oxygens (including phenoxy) is 1. The van der Waals surface area contributed by atoms with E-state index in [-0.39, 0.29) is 0 Å². The fraction of sp³-hybridized carbons (Fsp3) is 1.00. The molecule has 0 heterocycles. The highest BCUT2D eigenvalue weighted by atomic mass is 16.5. The molecule has 2 unspecified atom stereocenters. The Bertz CT molecular complexity index is 138. The van der Waals surface area contributed by atoms with E-state index in [4.69, 9.17) is 4.74 Å². The summed E-state index contributed by atoms with van der Waals surface area (Å²) in [5, 5.41) is 3.62. The van der Waals surface area contributed by atoms with Gasteiger partial charge in [-0.15, -0.1) is 0 Å². The van der Waals surface area contributed by atoms with Crippen LogP contribution in [-0.2, 0) is 4.74 Å². The first-order valence-corrected chi connectivity index (χ1v) is 6.09. The Labute approximate surface area is 88.4 Å². The molecule has 0 aromatic heterocycles. The van der Waals surface area contributed by atoms with Crippen molar-refractivity contribution in [2.24, 2.45) is 5.92 Å². The average Bonchev–Trinajstić information content (AvgIpc) is 2.63. The molecule has 1 N–H and O–H groups in total. The van der Waals surface area contributed by atoms with Crippen LogP contribution in [-0.4, -0.2) is 26.3 Å². The van der Waals surface area contributed by atoms with Gasteiger partial charge in [0.1, 0.15) is 0 Å². The standard InChI is InChI=1S/C12H25NO/c1-3-8-13-12-7-6-11(10-12)5-4-9-14-2/h11-13H,3-10H2,1-2H3. The smallest absolute Gasteiger partial charge is 0.0462 e. The molecule has 1 fully saturated rings. The van der Waals surface area contributed by atoms with Crippen molar-refractivity contribution in [2.45, 2.75) is 51.5 Å². The Balaban J connectivity index is 2.02. The van der Waals surface area contributed by atoms with Gasteiger partial charge in [-0.3, -0.25) is 0 Å². The Kier molecular flexibility index (Phi) is 6.20. The summed E-state index contributed by atoms with van der Waals surface area (Å²) in [7, 11) is 1.79. The molecule has 0 bridgehead atoms. The molecular formula is C12H25NO. The average molecular weight is 199 g/mol. The summed E-state index contributed by atoms with van der Waals surface area (Å²) in [6.07, 6.45) is 8.05. The molecular weight excluding hydrogens is 174 g/mol. The molecule has 0 aromatic rings. The Morgan fingerprint density at radius 1 is 1.36 bits per heavy atom. The predicted molar refractivity (Wildman–Crippen MR) is 60.5 cm³/mol. The van der Waals surface area contributed by atoms with Gasteiger partial charge >= 0.3 is 0 Å². The number of methoxy groups -OCH3 is 1. The van der Waals surface area contributed by atoms with E-state index in [9.17, 15) is 0 Å². The van der Waals surface area contributed by atoms with E-state index in [2.05, 4.69) is 12.2 Å². The van der Waals surface area contributed by atoms with Crippen LogP contribution in [0.3, 0.4) is 0 Å². The summed E-state index contributed by atoms with van der Waals surface area (Å²) in [6, 6.07) is 0.808. The molecule has 0 aliphatic heterocycles. The zero-order valence-electron chi connectivity index (χ0n) is 9.72. The SMILES string of the molecule is CCCNC1CCC(CCCOC)C1. The first-order chi connectivity index (χ1) is 6.86. The zero-order valence-corrected chi connectivity index (χ0v) is 9.72. The Hall–Kier alpha value is -0.0800. The normalized spacial score (nSPS) is 27.0. The summed E-state index contributed by atoms with van der Waals surface area (Å²) in [4.78, 5) is 0. The van der Waals surface area contributed by atoms with Crippen molar-refractivity contribution in [2.75, 3.05) is 20.3 Å². The third kappa shape index (κ3) is 4.43. The van der Waals surface area contributed by atoms with Crippen LogP contribution in [0, 0.1) is 5.92 Å². The zero-order chi connectivity index (χ0) is 10.2. The number of rotatable bonds is 7. The van der Waals surface area contributed by atoms with Crippen LogP contribution in [0.2, 0.25) is 0 Å². The number of hydrogen-bond donors (Lipinski definition) is 1. The van der Waals surface area contributed by atoms with Crippen molar-refractivity contribution in [3.8, 4) is 0 Å². The molecule has 2 atom stereocenters. The molecule has 2 nitrogen and oxygen atoms in total. The molecule has 84 valence electrons. The van der Waals surface area contributed by atoms with Gasteiger partial charge in [0.15, 0.2) is 0 Å². The van der Waals surface area contributed by atoms with Crippen LogP contribution in [0.15, 0.2) is 0 Å². The summed E-state index contributed by atoms with van der Waals surface area (Å²) in [5.41, 5.74) is 0. The summed E-state index contributed by atoms with van der Waals surface area (Å²) in [5.74, 6) is 0.958. The van der Waals surface area contributed by atoms with Crippen LogP contribution in [0.25, 0.3) is 0 Å². The van der Waals surface area contributed by atoms with E-state index in [1.54, 1.807) is 7.11 Å². The van der Waals surface area contributed by atoms with Crippen molar-refractivity contribution in [1.29, 1.82) is 0 Å². The van der Waals surface area contributed by atoms with Gasteiger partial charge in [0.05, 0.1) is 0 Å². The van der Waals surface area contributed by atoms with Crippen LogP contribution in [0.1, 0.15) is 45.4 Å². The molecule has 1 saturated carbocycles. The van der Waals surface area contributed by atoms with Gasteiger partial charge in [-0.2, -0.15) is 0 Å². The summed E-state index contributed by atoms with van der Waals surface area (Å²) >= 11 is 0. The first-order valence-electron chi connectivity index (χ1n) is 6.09. The van der Waals surface area contributed by atoms with Gasteiger partial charge in [-0.1, -0.05) is 6.92 Å². The maximum atomic E-state index is 5.08. The van der Waals surface area contributed by atoms with E-state index in [0.717, 1.165) is 18.6 Å². The Morgan fingerprint density at radius 2 is 2.21 bits per heavy atom. The minimum Gasteiger partial charge on any atom is -0.385 e. The maximum Gasteiger partial charge on any atom is 0.0462 e. The van der Waals surface area contributed by atoms with Crippen LogP contribution >= 0.6 is 0 Å². The van der Waals surface area contributed by atoms with Crippen LogP contribution in [0.5, 0.6) is 0 Å². The monoisotopic (exact) mass is 199 g/mol. The van der Waals surface area contributed by atoms with Gasteiger partial charge in [0.2, 0.25) is 0 Å². The minimum atomic E-state index is 0.808. The van der Waals surface area contributed by atoms with E-state index >= 15 is 0 Å². The van der Waals surface area contributed by atoms with Gasteiger partial charge in [-0.25, -0.2) is 0 Å². The summed E-state index contributed by atoms with van der Waals surface area (Å²) in [6.45, 7) is 4.36. The van der Waals surface area contributed by atoms with E-state index in [0.29, 0.717) is 0 Å². The van der Waals surface area contributed by atoms with Crippen LogP contribution < -0.4 is 5.32 Å². The molecule has 1 aliphatic carbocycles. The van der Waals surface area contributed by atoms with E-state index in [1.807, 2.05) is 0 Å². The van der Waals surface area contributed by atoms with Gasteiger partial charge in [0, 0.05) is 19.8 Å². The molecule has 1 aliphatic rings. The highest BCUT2D eigenvalue weighted by molar-refractivity contribution is 4.80. The molecule has 2 heteroatoms. The minimum absolute atomic E-state index is 0.808. The van der Waals surface area contributed by atoms with Gasteiger partial charge in [-0.05, 0) is 51.0 Å². The predicted octanol–water partition coefficient (Wildman–Crippen LogP) is 2.58. The molecule has 14 heavy (non-hydrogen) atoms. The molecule has 0 saturated heterocycles. The fourth-order valence-corrected chi connectivity index (χ4v) is 2.39. The van der Waals surface area contributed by atoms with Gasteiger partial charge < -0.3 is 10.1 Å². The van der Waals surface area contributed by atoms with Crippen molar-refractivity contribution in [3.05, 3.63) is 0 Å². The van der Waals surface area contributed by atoms with Crippen molar-refractivity contribution in [1.82, 2.24) is 5.32 Å². The van der Waals surface area contributed by atoms with E-state index in [1.165, 1.54) is 45.1 Å². The second-order valence-electron chi connectivity index (χ2n) is 4.47. The molecule has 0 aromatic carbocycles. The van der Waals surface area contributed by atoms with Crippen molar-refractivity contribution in [3.63, 3.8) is 0 Å². The highest BCUT2D eigenvalue weighted by Gasteiger charge is 2.23. The highest BCUT2D eigenvalue weighted by Crippen LogP contribution is 2.29. The fourth-order valence-electron chi connectivity index (χ4n) is 2.39. The van der Waals surface area contributed by atoms with Crippen molar-refractivity contribution < 1.29 is 4.74 Å². The molecule has 0 radical (unpaired) electrons. The third-order valence-electron chi connectivity index (χ3n) is 3.19. The second kappa shape index (κ2) is 7.24. The van der Waals surface area contributed by atoms with Crippen molar-refractivity contribution >= 4 is 0 Å². The van der Waals surface area contributed by atoms with Gasteiger partial charge in [0.25, 0.3) is 0 Å². The lowest BCUT2D eigenvalue weighted by molar-refractivity contribution is 0.186.